The number of nitrogens with zero attached hydrogens (tertiary/aromatic N) is 3. The number of nitrogen functional groups attached to an aromatic ring is 1. The van der Waals surface area contributed by atoms with Crippen LogP contribution in [0.15, 0.2) is 29.1 Å². The molecule has 29 heavy (non-hydrogen) atoms. The Kier molecular flexibility index (Phi) is 4.97. The summed E-state index contributed by atoms with van der Waals surface area (Å²) >= 11 is 0. The summed E-state index contributed by atoms with van der Waals surface area (Å²) in [5, 5.41) is 4.81. The third-order valence-electron chi connectivity index (χ3n) is 6.43. The fourth-order valence-electron chi connectivity index (χ4n) is 4.59. The first-order valence-electron chi connectivity index (χ1n) is 10.7. The van der Waals surface area contributed by atoms with Crippen molar-refractivity contribution in [3.8, 4) is 11.4 Å². The van der Waals surface area contributed by atoms with Crippen LogP contribution < -0.4 is 11.3 Å². The van der Waals surface area contributed by atoms with Gasteiger partial charge in [-0.3, -0.25) is 4.79 Å². The highest BCUT2D eigenvalue weighted by Gasteiger charge is 2.32. The summed E-state index contributed by atoms with van der Waals surface area (Å²) in [6, 6.07) is 7.40. The molecule has 0 bridgehead atoms. The van der Waals surface area contributed by atoms with E-state index in [4.69, 9.17) is 15.8 Å². The van der Waals surface area contributed by atoms with Gasteiger partial charge in [0.2, 0.25) is 0 Å². The number of benzene rings is 1. The van der Waals surface area contributed by atoms with Crippen molar-refractivity contribution in [2.75, 3.05) is 5.73 Å². The van der Waals surface area contributed by atoms with E-state index in [9.17, 15) is 4.79 Å². The van der Waals surface area contributed by atoms with Gasteiger partial charge in [0.1, 0.15) is 5.82 Å². The van der Waals surface area contributed by atoms with Crippen molar-refractivity contribution in [2.45, 2.75) is 65.7 Å². The van der Waals surface area contributed by atoms with Crippen molar-refractivity contribution in [3.63, 3.8) is 0 Å². The predicted octanol–water partition coefficient (Wildman–Crippen LogP) is 4.55. The van der Waals surface area contributed by atoms with E-state index in [1.807, 2.05) is 35.7 Å². The highest BCUT2D eigenvalue weighted by molar-refractivity contribution is 5.60. The van der Waals surface area contributed by atoms with Crippen LogP contribution in [0.3, 0.4) is 0 Å². The molecule has 0 saturated heterocycles. The summed E-state index contributed by atoms with van der Waals surface area (Å²) in [6.07, 6.45) is 5.29. The molecule has 3 N–H and O–H groups in total. The Morgan fingerprint density at radius 1 is 1.14 bits per heavy atom. The van der Waals surface area contributed by atoms with Gasteiger partial charge in [-0.2, -0.15) is 0 Å². The summed E-state index contributed by atoms with van der Waals surface area (Å²) in [4.78, 5) is 20.7. The maximum Gasteiger partial charge on any atom is 0.277 e. The second-order valence-corrected chi connectivity index (χ2v) is 9.37. The molecule has 3 aromatic rings. The maximum atomic E-state index is 12.9. The van der Waals surface area contributed by atoms with E-state index in [2.05, 4.69) is 25.8 Å². The van der Waals surface area contributed by atoms with Crippen molar-refractivity contribution in [1.29, 1.82) is 0 Å². The summed E-state index contributed by atoms with van der Waals surface area (Å²) < 4.78 is 1.81. The molecule has 0 aliphatic heterocycles. The van der Waals surface area contributed by atoms with E-state index >= 15 is 0 Å². The third kappa shape index (κ3) is 3.68. The Morgan fingerprint density at radius 2 is 1.79 bits per heavy atom. The Labute approximate surface area is 171 Å². The monoisotopic (exact) mass is 393 g/mol. The van der Waals surface area contributed by atoms with Gasteiger partial charge in [-0.25, -0.2) is 9.50 Å². The van der Waals surface area contributed by atoms with E-state index in [1.165, 1.54) is 12.8 Å². The average molecular weight is 394 g/mol. The zero-order valence-electron chi connectivity index (χ0n) is 17.8. The van der Waals surface area contributed by atoms with Crippen LogP contribution in [0.1, 0.15) is 70.8 Å². The molecule has 1 aromatic carbocycles. The number of hydrogen-bond donors (Lipinski definition) is 2. The Hall–Kier alpha value is -2.63. The quantitative estimate of drug-likeness (QED) is 0.639. The average Bonchev–Trinajstić information content (AvgIpc) is 3.07. The lowest BCUT2D eigenvalue weighted by atomic mass is 9.70. The van der Waals surface area contributed by atoms with E-state index in [0.717, 1.165) is 35.8 Å². The van der Waals surface area contributed by atoms with Crippen LogP contribution >= 0.6 is 0 Å². The van der Waals surface area contributed by atoms with Crippen molar-refractivity contribution in [3.05, 3.63) is 46.1 Å². The largest absolute Gasteiger partial charge is 0.399 e. The maximum absolute atomic E-state index is 12.9. The molecular formula is C23H31N5O. The van der Waals surface area contributed by atoms with Crippen LogP contribution in [0, 0.1) is 11.3 Å². The molecule has 4 rings (SSSR count). The van der Waals surface area contributed by atoms with Gasteiger partial charge in [0, 0.05) is 17.2 Å². The van der Waals surface area contributed by atoms with Gasteiger partial charge in [0.25, 0.3) is 5.56 Å². The standard InChI is InChI=1S/C23H31N5O/c1-5-18-19-22(29)26-20(14-8-12-17(24)13-9-14)27-28(19)21(25-18)15-6-10-16(11-7-15)23(2,3)4/h8-9,12-13,15-16H,5-7,10-11,24H2,1-4H3,(H,26,27,29). The van der Waals surface area contributed by atoms with Crippen molar-refractivity contribution in [1.82, 2.24) is 19.6 Å². The molecule has 0 amide bonds. The molecule has 1 saturated carbocycles. The number of anilines is 1. The molecule has 0 unspecified atom stereocenters. The van der Waals surface area contributed by atoms with Crippen LogP contribution in [0.25, 0.3) is 16.9 Å². The summed E-state index contributed by atoms with van der Waals surface area (Å²) in [5.41, 5.74) is 8.94. The molecule has 1 aliphatic rings. The van der Waals surface area contributed by atoms with Gasteiger partial charge < -0.3 is 10.7 Å². The molecule has 1 fully saturated rings. The van der Waals surface area contributed by atoms with Gasteiger partial charge >= 0.3 is 0 Å². The number of fused-ring (bicyclic) bond motifs is 1. The minimum atomic E-state index is -0.134. The number of hydrogen-bond acceptors (Lipinski definition) is 4. The Morgan fingerprint density at radius 3 is 2.38 bits per heavy atom. The SMILES string of the molecule is CCc1nc(C2CCC(C(C)(C)C)CC2)n2nc(-c3ccc(N)cc3)[nH]c(=O)c12. The number of rotatable bonds is 3. The minimum absolute atomic E-state index is 0.134. The van der Waals surface area contributed by atoms with Gasteiger partial charge in [-0.15, -0.1) is 5.10 Å². The molecule has 0 atom stereocenters. The number of aromatic nitrogens is 4. The van der Waals surface area contributed by atoms with E-state index in [1.54, 1.807) is 0 Å². The van der Waals surface area contributed by atoms with Gasteiger partial charge in [0.15, 0.2) is 11.3 Å². The lowest BCUT2D eigenvalue weighted by Gasteiger charge is -2.36. The molecule has 0 spiro atoms. The second kappa shape index (κ2) is 7.32. The molecule has 6 heteroatoms. The topological polar surface area (TPSA) is 89.1 Å². The van der Waals surface area contributed by atoms with Crippen LogP contribution in [0.4, 0.5) is 5.69 Å². The molecule has 2 aromatic heterocycles. The van der Waals surface area contributed by atoms with Crippen LogP contribution in [-0.4, -0.2) is 19.6 Å². The fourth-order valence-corrected chi connectivity index (χ4v) is 4.59. The van der Waals surface area contributed by atoms with Crippen molar-refractivity contribution >= 4 is 11.2 Å². The summed E-state index contributed by atoms with van der Waals surface area (Å²) in [7, 11) is 0. The Balaban J connectivity index is 1.76. The van der Waals surface area contributed by atoms with Gasteiger partial charge in [-0.05, 0) is 67.7 Å². The third-order valence-corrected chi connectivity index (χ3v) is 6.43. The first-order valence-corrected chi connectivity index (χ1v) is 10.7. The Bertz CT molecular complexity index is 1060. The smallest absolute Gasteiger partial charge is 0.277 e. The molecule has 6 nitrogen and oxygen atoms in total. The van der Waals surface area contributed by atoms with Crippen LogP contribution in [-0.2, 0) is 6.42 Å². The fraction of sp³-hybridized carbons (Fsp3) is 0.522. The predicted molar refractivity (Wildman–Crippen MR) is 117 cm³/mol. The number of aryl methyl sites for hydroxylation is 1. The molecular weight excluding hydrogens is 362 g/mol. The number of imidazole rings is 1. The molecule has 1 aliphatic carbocycles. The highest BCUT2D eigenvalue weighted by atomic mass is 16.1. The number of H-pyrrole nitrogens is 1. The minimum Gasteiger partial charge on any atom is -0.399 e. The molecule has 0 radical (unpaired) electrons. The normalized spacial score (nSPS) is 20.3. The van der Waals surface area contributed by atoms with Gasteiger partial charge in [-0.1, -0.05) is 27.7 Å². The van der Waals surface area contributed by atoms with Crippen molar-refractivity contribution < 1.29 is 0 Å². The highest BCUT2D eigenvalue weighted by Crippen LogP contribution is 2.43. The second-order valence-electron chi connectivity index (χ2n) is 9.37. The van der Waals surface area contributed by atoms with E-state index in [0.29, 0.717) is 34.8 Å². The van der Waals surface area contributed by atoms with Crippen molar-refractivity contribution in [2.24, 2.45) is 11.3 Å². The number of nitrogens with two attached hydrogens (primary N) is 1. The number of nitrogens with one attached hydrogen (secondary N) is 1. The van der Waals surface area contributed by atoms with Gasteiger partial charge in [0.05, 0.1) is 5.69 Å². The lowest BCUT2D eigenvalue weighted by Crippen LogP contribution is -2.26. The van der Waals surface area contributed by atoms with E-state index in [-0.39, 0.29) is 5.56 Å². The summed E-state index contributed by atoms with van der Waals surface area (Å²) in [5.74, 6) is 2.56. The van der Waals surface area contributed by atoms with Crippen LogP contribution in [0.2, 0.25) is 0 Å². The first kappa shape index (κ1) is 19.7. The van der Waals surface area contributed by atoms with E-state index < -0.39 is 0 Å². The first-order chi connectivity index (χ1) is 13.8. The molecule has 2 heterocycles. The molecule has 154 valence electrons. The summed E-state index contributed by atoms with van der Waals surface area (Å²) in [6.45, 7) is 9.03. The zero-order valence-corrected chi connectivity index (χ0v) is 17.8. The number of aromatic amines is 1. The zero-order chi connectivity index (χ0) is 20.8. The van der Waals surface area contributed by atoms with Crippen LogP contribution in [0.5, 0.6) is 0 Å². The lowest BCUT2D eigenvalue weighted by molar-refractivity contribution is 0.167.